The Labute approximate surface area is 187 Å². The van der Waals surface area contributed by atoms with E-state index in [0.29, 0.717) is 11.5 Å². The molecule has 0 aromatic heterocycles. The van der Waals surface area contributed by atoms with Crippen LogP contribution in [0.5, 0.6) is 0 Å². The topological polar surface area (TPSA) is 68.8 Å². The van der Waals surface area contributed by atoms with E-state index in [0.717, 1.165) is 44.1 Å². The molecule has 0 spiro atoms. The molecule has 1 fully saturated rings. The monoisotopic (exact) mass is 501 g/mol. The summed E-state index contributed by atoms with van der Waals surface area (Å²) in [6.07, 6.45) is 3.52. The fourth-order valence-corrected chi connectivity index (χ4v) is 3.39. The molecule has 1 aliphatic heterocycles. The molecule has 1 heterocycles. The number of benzene rings is 1. The zero-order valence-electron chi connectivity index (χ0n) is 17.5. The first-order chi connectivity index (χ1) is 13.1. The van der Waals surface area contributed by atoms with Crippen LogP contribution in [0.4, 0.5) is 0 Å². The number of halogens is 1. The van der Waals surface area contributed by atoms with Crippen molar-refractivity contribution in [3.05, 3.63) is 35.4 Å². The Bertz CT molecular complexity index is 617. The number of guanidine groups is 1. The summed E-state index contributed by atoms with van der Waals surface area (Å²) in [5.74, 6) is 1.38. The summed E-state index contributed by atoms with van der Waals surface area (Å²) in [6.45, 7) is 10.4. The van der Waals surface area contributed by atoms with Gasteiger partial charge in [0, 0.05) is 38.8 Å². The second-order valence-corrected chi connectivity index (χ2v) is 7.29. The molecule has 158 valence electrons. The molecule has 0 radical (unpaired) electrons. The van der Waals surface area contributed by atoms with Gasteiger partial charge in [-0.1, -0.05) is 19.1 Å². The van der Waals surface area contributed by atoms with E-state index in [9.17, 15) is 4.79 Å². The van der Waals surface area contributed by atoms with Crippen LogP contribution in [0.25, 0.3) is 0 Å². The quantitative estimate of drug-likeness (QED) is 0.277. The van der Waals surface area contributed by atoms with Gasteiger partial charge < -0.3 is 20.9 Å². The Kier molecular flexibility index (Phi) is 12.1. The molecule has 0 aliphatic carbocycles. The lowest BCUT2D eigenvalue weighted by Crippen LogP contribution is -2.39. The van der Waals surface area contributed by atoms with Gasteiger partial charge in [-0.2, -0.15) is 0 Å². The average molecular weight is 501 g/mol. The van der Waals surface area contributed by atoms with Crippen molar-refractivity contribution in [3.63, 3.8) is 0 Å². The van der Waals surface area contributed by atoms with Crippen molar-refractivity contribution >= 4 is 35.8 Å². The molecule has 7 heteroatoms. The standard InChI is InChI=1S/C21H35N5O.HI/c1-4-23-21(25-15-17(2)16-26-12-5-6-13-26)24-11-10-18-8-7-9-19(14-18)20(27)22-3;/h7-9,14,17H,4-6,10-13,15-16H2,1-3H3,(H,22,27)(H2,23,24,25);1H. The molecular formula is C21H36IN5O. The van der Waals surface area contributed by atoms with Crippen LogP contribution in [0.1, 0.15) is 42.6 Å². The maximum atomic E-state index is 11.7. The van der Waals surface area contributed by atoms with Gasteiger partial charge in [-0.3, -0.25) is 9.79 Å². The zero-order chi connectivity index (χ0) is 19.5. The van der Waals surface area contributed by atoms with Gasteiger partial charge in [-0.25, -0.2) is 0 Å². The number of likely N-dealkylation sites (tertiary alicyclic amines) is 1. The van der Waals surface area contributed by atoms with Gasteiger partial charge in [0.25, 0.3) is 5.91 Å². The van der Waals surface area contributed by atoms with E-state index in [1.54, 1.807) is 7.05 Å². The van der Waals surface area contributed by atoms with Crippen molar-refractivity contribution in [1.29, 1.82) is 0 Å². The summed E-state index contributed by atoms with van der Waals surface area (Å²) >= 11 is 0. The number of amides is 1. The molecule has 1 aliphatic rings. The number of carbonyl (C=O) groups excluding carboxylic acids is 1. The predicted octanol–water partition coefficient (Wildman–Crippen LogP) is 2.49. The molecule has 2 rings (SSSR count). The maximum absolute atomic E-state index is 11.7. The van der Waals surface area contributed by atoms with E-state index in [1.807, 2.05) is 18.2 Å². The van der Waals surface area contributed by atoms with Crippen molar-refractivity contribution in [2.75, 3.05) is 46.3 Å². The van der Waals surface area contributed by atoms with Crippen LogP contribution >= 0.6 is 24.0 Å². The van der Waals surface area contributed by atoms with Crippen LogP contribution in [-0.2, 0) is 6.42 Å². The highest BCUT2D eigenvalue weighted by molar-refractivity contribution is 14.0. The number of rotatable bonds is 9. The number of hydrogen-bond donors (Lipinski definition) is 3. The first-order valence-corrected chi connectivity index (χ1v) is 10.2. The number of aliphatic imine (C=N–C) groups is 1. The largest absolute Gasteiger partial charge is 0.357 e. The summed E-state index contributed by atoms with van der Waals surface area (Å²) < 4.78 is 0. The second kappa shape index (κ2) is 13.8. The Morgan fingerprint density at radius 2 is 2.00 bits per heavy atom. The predicted molar refractivity (Wildman–Crippen MR) is 128 cm³/mol. The van der Waals surface area contributed by atoms with Crippen molar-refractivity contribution in [2.24, 2.45) is 10.9 Å². The molecule has 0 bridgehead atoms. The highest BCUT2D eigenvalue weighted by atomic mass is 127. The van der Waals surface area contributed by atoms with Gasteiger partial charge in [-0.15, -0.1) is 24.0 Å². The van der Waals surface area contributed by atoms with Crippen LogP contribution < -0.4 is 16.0 Å². The Morgan fingerprint density at radius 1 is 1.25 bits per heavy atom. The molecule has 0 saturated carbocycles. The highest BCUT2D eigenvalue weighted by Crippen LogP contribution is 2.10. The van der Waals surface area contributed by atoms with Crippen LogP contribution in [0.15, 0.2) is 29.3 Å². The molecule has 1 saturated heterocycles. The van der Waals surface area contributed by atoms with E-state index in [1.165, 1.54) is 25.9 Å². The minimum absolute atomic E-state index is 0. The third-order valence-electron chi connectivity index (χ3n) is 4.80. The smallest absolute Gasteiger partial charge is 0.251 e. The Morgan fingerprint density at radius 3 is 2.68 bits per heavy atom. The van der Waals surface area contributed by atoms with Crippen LogP contribution in [0.2, 0.25) is 0 Å². The van der Waals surface area contributed by atoms with E-state index < -0.39 is 0 Å². The number of nitrogens with zero attached hydrogens (tertiary/aromatic N) is 2. The molecule has 1 atom stereocenters. The van der Waals surface area contributed by atoms with Gasteiger partial charge in [0.1, 0.15) is 0 Å². The van der Waals surface area contributed by atoms with Crippen LogP contribution in [0.3, 0.4) is 0 Å². The number of hydrogen-bond acceptors (Lipinski definition) is 3. The normalized spacial score (nSPS) is 15.6. The molecule has 3 N–H and O–H groups in total. The van der Waals surface area contributed by atoms with E-state index in [4.69, 9.17) is 4.99 Å². The minimum Gasteiger partial charge on any atom is -0.357 e. The van der Waals surface area contributed by atoms with E-state index in [2.05, 4.69) is 40.8 Å². The lowest BCUT2D eigenvalue weighted by Gasteiger charge is -2.19. The zero-order valence-corrected chi connectivity index (χ0v) is 19.8. The molecule has 1 aromatic rings. The number of carbonyl (C=O) groups is 1. The van der Waals surface area contributed by atoms with E-state index in [-0.39, 0.29) is 29.9 Å². The number of nitrogens with one attached hydrogen (secondary N) is 3. The van der Waals surface area contributed by atoms with Crippen LogP contribution in [-0.4, -0.2) is 63.1 Å². The maximum Gasteiger partial charge on any atom is 0.251 e. The molecule has 1 aromatic carbocycles. The third kappa shape index (κ3) is 8.77. The molecule has 1 unspecified atom stereocenters. The second-order valence-electron chi connectivity index (χ2n) is 7.29. The summed E-state index contributed by atoms with van der Waals surface area (Å²) in [4.78, 5) is 19.0. The summed E-state index contributed by atoms with van der Waals surface area (Å²) in [7, 11) is 1.65. The van der Waals surface area contributed by atoms with Gasteiger partial charge >= 0.3 is 0 Å². The van der Waals surface area contributed by atoms with E-state index >= 15 is 0 Å². The van der Waals surface area contributed by atoms with Crippen LogP contribution in [0, 0.1) is 5.92 Å². The first-order valence-electron chi connectivity index (χ1n) is 10.2. The van der Waals surface area contributed by atoms with Gasteiger partial charge in [0.2, 0.25) is 0 Å². The van der Waals surface area contributed by atoms with Crippen molar-refractivity contribution < 1.29 is 4.79 Å². The van der Waals surface area contributed by atoms with Crippen molar-refractivity contribution in [1.82, 2.24) is 20.9 Å². The fraction of sp³-hybridized carbons (Fsp3) is 0.619. The summed E-state index contributed by atoms with van der Waals surface area (Å²) in [6, 6.07) is 7.77. The average Bonchev–Trinajstić information content (AvgIpc) is 3.18. The molecule has 6 nitrogen and oxygen atoms in total. The lowest BCUT2D eigenvalue weighted by molar-refractivity contribution is 0.0963. The Balaban J connectivity index is 0.00000392. The molecule has 1 amide bonds. The highest BCUT2D eigenvalue weighted by Gasteiger charge is 2.14. The first kappa shape index (κ1) is 24.7. The SMILES string of the molecule is CCNC(=NCC(C)CN1CCCC1)NCCc1cccc(C(=O)NC)c1.I. The summed E-state index contributed by atoms with van der Waals surface area (Å²) in [5, 5.41) is 9.39. The minimum atomic E-state index is -0.0494. The summed E-state index contributed by atoms with van der Waals surface area (Å²) in [5.41, 5.74) is 1.84. The molecular weight excluding hydrogens is 465 g/mol. The Hall–Kier alpha value is -1.35. The third-order valence-corrected chi connectivity index (χ3v) is 4.80. The van der Waals surface area contributed by atoms with Gasteiger partial charge in [0.15, 0.2) is 5.96 Å². The van der Waals surface area contributed by atoms with Gasteiger partial charge in [0.05, 0.1) is 0 Å². The van der Waals surface area contributed by atoms with Crippen molar-refractivity contribution in [3.8, 4) is 0 Å². The van der Waals surface area contributed by atoms with Gasteiger partial charge in [-0.05, 0) is 62.9 Å². The fourth-order valence-electron chi connectivity index (χ4n) is 3.39. The van der Waals surface area contributed by atoms with Crippen molar-refractivity contribution in [2.45, 2.75) is 33.1 Å². The molecule has 28 heavy (non-hydrogen) atoms. The lowest BCUT2D eigenvalue weighted by atomic mass is 10.1.